The Labute approximate surface area is 146 Å². The summed E-state index contributed by atoms with van der Waals surface area (Å²) in [6.45, 7) is 3.60. The third-order valence-electron chi connectivity index (χ3n) is 2.58. The molecule has 0 aliphatic rings. The van der Waals surface area contributed by atoms with Gasteiger partial charge in [0.05, 0.1) is 17.6 Å². The first-order valence-electron chi connectivity index (χ1n) is 6.73. The monoisotopic (exact) mass is 349 g/mol. The highest BCUT2D eigenvalue weighted by Gasteiger charge is 1.98. The van der Waals surface area contributed by atoms with Crippen LogP contribution in [0.25, 0.3) is 0 Å². The Morgan fingerprint density at radius 3 is 2.04 bits per heavy atom. The molecule has 0 aromatic heterocycles. The van der Waals surface area contributed by atoms with Crippen molar-refractivity contribution in [1.29, 1.82) is 0 Å². The maximum atomic E-state index is 5.07. The van der Waals surface area contributed by atoms with E-state index in [1.54, 1.807) is 27.1 Å². The van der Waals surface area contributed by atoms with Gasteiger partial charge in [-0.25, -0.2) is 0 Å². The van der Waals surface area contributed by atoms with Crippen molar-refractivity contribution in [3.63, 3.8) is 0 Å². The molecule has 1 rings (SSSR count). The van der Waals surface area contributed by atoms with Crippen LogP contribution in [0, 0.1) is 0 Å². The summed E-state index contributed by atoms with van der Waals surface area (Å²) in [6, 6.07) is 9.68. The van der Waals surface area contributed by atoms with E-state index in [2.05, 4.69) is 36.9 Å². The lowest BCUT2D eigenvalue weighted by atomic mass is 10.2. The van der Waals surface area contributed by atoms with Crippen LogP contribution in [-0.2, 0) is 0 Å². The number of hydrogen-bond acceptors (Lipinski definition) is 5. The molecule has 4 N–H and O–H groups in total. The molecule has 122 valence electrons. The molecule has 0 amide bonds. The zero-order valence-corrected chi connectivity index (χ0v) is 14.8. The number of thiocarbonyl (C=S) groups is 2. The van der Waals surface area contributed by atoms with Crippen molar-refractivity contribution in [2.75, 3.05) is 7.05 Å². The van der Waals surface area contributed by atoms with Crippen LogP contribution in [0.1, 0.15) is 19.4 Å². The number of hydrazone groups is 3. The van der Waals surface area contributed by atoms with Gasteiger partial charge >= 0.3 is 0 Å². The first-order valence-corrected chi connectivity index (χ1v) is 7.55. The van der Waals surface area contributed by atoms with Crippen LogP contribution >= 0.6 is 24.4 Å². The average molecular weight is 349 g/mol. The minimum atomic E-state index is 0.281. The fourth-order valence-corrected chi connectivity index (χ4v) is 1.36. The summed E-state index contributed by atoms with van der Waals surface area (Å²) < 4.78 is 0. The number of rotatable bonds is 5. The van der Waals surface area contributed by atoms with Crippen molar-refractivity contribution >= 4 is 52.3 Å². The fraction of sp³-hybridized carbons (Fsp3) is 0.214. The molecular formula is C14H19N7S2. The maximum Gasteiger partial charge on any atom is 0.207 e. The van der Waals surface area contributed by atoms with Gasteiger partial charge in [-0.3, -0.25) is 16.3 Å². The molecule has 1 aromatic carbocycles. The Morgan fingerprint density at radius 2 is 1.48 bits per heavy atom. The average Bonchev–Trinajstić information content (AvgIpc) is 2.58. The van der Waals surface area contributed by atoms with E-state index in [-0.39, 0.29) is 5.11 Å². The summed E-state index contributed by atoms with van der Waals surface area (Å²) in [5.41, 5.74) is 10.4. The standard InChI is InChI=1S/C14H19N7S2/c1-10(17-20-13(22)15-3)11(2)18-21-14(23)19-16-9-12-7-5-4-6-8-12/h4-9H,1-3H3,(H2,15,20,22)(H2,19,21,23)/b16-9+,17-10+,18-11+. The van der Waals surface area contributed by atoms with Gasteiger partial charge in [0.25, 0.3) is 0 Å². The van der Waals surface area contributed by atoms with Gasteiger partial charge in [0.1, 0.15) is 0 Å². The Hall–Kier alpha value is -2.39. The number of nitrogens with zero attached hydrogens (tertiary/aromatic N) is 3. The smallest absolute Gasteiger partial charge is 0.207 e. The molecule has 0 heterocycles. The molecule has 9 heteroatoms. The van der Waals surface area contributed by atoms with Crippen molar-refractivity contribution in [2.45, 2.75) is 13.8 Å². The topological polar surface area (TPSA) is 85.2 Å². The van der Waals surface area contributed by atoms with Gasteiger partial charge in [0, 0.05) is 7.05 Å². The molecule has 0 atom stereocenters. The Morgan fingerprint density at radius 1 is 0.913 bits per heavy atom. The van der Waals surface area contributed by atoms with Crippen LogP contribution in [0.2, 0.25) is 0 Å². The molecule has 0 saturated carbocycles. The second kappa shape index (κ2) is 10.4. The van der Waals surface area contributed by atoms with E-state index < -0.39 is 0 Å². The van der Waals surface area contributed by atoms with Gasteiger partial charge in [-0.1, -0.05) is 30.3 Å². The Bertz CT molecular complexity index is 623. The number of nitrogens with one attached hydrogen (secondary N) is 4. The lowest BCUT2D eigenvalue weighted by Crippen LogP contribution is -2.31. The highest BCUT2D eigenvalue weighted by molar-refractivity contribution is 7.80. The van der Waals surface area contributed by atoms with Gasteiger partial charge in [0.15, 0.2) is 5.11 Å². The third kappa shape index (κ3) is 7.98. The largest absolute Gasteiger partial charge is 0.364 e. The predicted molar refractivity (Wildman–Crippen MR) is 104 cm³/mol. The van der Waals surface area contributed by atoms with Crippen molar-refractivity contribution in [2.24, 2.45) is 15.3 Å². The molecule has 0 spiro atoms. The fourth-order valence-electron chi connectivity index (χ4n) is 1.22. The van der Waals surface area contributed by atoms with Crippen LogP contribution in [0.4, 0.5) is 0 Å². The molecule has 0 radical (unpaired) electrons. The first kappa shape index (κ1) is 18.7. The molecule has 0 fully saturated rings. The Balaban J connectivity index is 2.44. The lowest BCUT2D eigenvalue weighted by Gasteiger charge is -2.05. The second-order valence-electron chi connectivity index (χ2n) is 4.31. The van der Waals surface area contributed by atoms with E-state index in [1.807, 2.05) is 30.3 Å². The summed E-state index contributed by atoms with van der Waals surface area (Å²) in [6.07, 6.45) is 1.67. The van der Waals surface area contributed by atoms with E-state index in [0.717, 1.165) is 5.56 Å². The number of benzene rings is 1. The normalized spacial score (nSPS) is 12.0. The van der Waals surface area contributed by atoms with Gasteiger partial charge in [-0.05, 0) is 43.8 Å². The first-order chi connectivity index (χ1) is 11.0. The van der Waals surface area contributed by atoms with Gasteiger partial charge in [-0.15, -0.1) is 0 Å². The SMILES string of the molecule is CNC(=S)N/N=C(C)/C(C)=N/NC(=S)N/N=C/c1ccccc1. The van der Waals surface area contributed by atoms with E-state index in [1.165, 1.54) is 0 Å². The lowest BCUT2D eigenvalue weighted by molar-refractivity contribution is 0.929. The molecule has 0 bridgehead atoms. The minimum absolute atomic E-state index is 0.281. The maximum absolute atomic E-state index is 5.07. The summed E-state index contributed by atoms with van der Waals surface area (Å²) in [7, 11) is 1.71. The Kier molecular flexibility index (Phi) is 8.40. The molecule has 1 aromatic rings. The summed E-state index contributed by atoms with van der Waals surface area (Å²) >= 11 is 9.99. The highest BCUT2D eigenvalue weighted by atomic mass is 32.1. The molecule has 23 heavy (non-hydrogen) atoms. The summed E-state index contributed by atoms with van der Waals surface area (Å²) in [4.78, 5) is 0. The third-order valence-corrected chi connectivity index (χ3v) is 3.06. The summed E-state index contributed by atoms with van der Waals surface area (Å²) in [5, 5.41) is 15.7. The number of hydrogen-bond donors (Lipinski definition) is 4. The minimum Gasteiger partial charge on any atom is -0.364 e. The van der Waals surface area contributed by atoms with Crippen LogP contribution in [0.15, 0.2) is 45.6 Å². The molecule has 0 saturated heterocycles. The van der Waals surface area contributed by atoms with Crippen molar-refractivity contribution in [3.8, 4) is 0 Å². The molecule has 0 unspecified atom stereocenters. The quantitative estimate of drug-likeness (QED) is 0.365. The van der Waals surface area contributed by atoms with Crippen LogP contribution in [0.3, 0.4) is 0 Å². The molecule has 7 nitrogen and oxygen atoms in total. The van der Waals surface area contributed by atoms with E-state index in [9.17, 15) is 0 Å². The van der Waals surface area contributed by atoms with Gasteiger partial charge in [-0.2, -0.15) is 15.3 Å². The van der Waals surface area contributed by atoms with E-state index in [0.29, 0.717) is 16.5 Å². The van der Waals surface area contributed by atoms with E-state index >= 15 is 0 Å². The van der Waals surface area contributed by atoms with Crippen LogP contribution in [0.5, 0.6) is 0 Å². The van der Waals surface area contributed by atoms with E-state index in [4.69, 9.17) is 24.4 Å². The zero-order valence-electron chi connectivity index (χ0n) is 13.1. The van der Waals surface area contributed by atoms with Crippen LogP contribution < -0.4 is 21.6 Å². The highest BCUT2D eigenvalue weighted by Crippen LogP contribution is 1.93. The molecule has 0 aliphatic heterocycles. The summed E-state index contributed by atoms with van der Waals surface area (Å²) in [5.74, 6) is 0. The predicted octanol–water partition coefficient (Wildman–Crippen LogP) is 1.33. The van der Waals surface area contributed by atoms with Crippen molar-refractivity contribution in [3.05, 3.63) is 35.9 Å². The van der Waals surface area contributed by atoms with Crippen LogP contribution in [-0.4, -0.2) is 34.9 Å². The molecule has 0 aliphatic carbocycles. The zero-order chi connectivity index (χ0) is 17.1. The van der Waals surface area contributed by atoms with Gasteiger partial charge < -0.3 is 5.32 Å². The second-order valence-corrected chi connectivity index (χ2v) is 5.12. The van der Waals surface area contributed by atoms with Gasteiger partial charge in [0.2, 0.25) is 5.11 Å². The van der Waals surface area contributed by atoms with Crippen molar-refractivity contribution in [1.82, 2.24) is 21.6 Å². The van der Waals surface area contributed by atoms with Crippen molar-refractivity contribution < 1.29 is 0 Å². The molecular weight excluding hydrogens is 330 g/mol.